The Morgan fingerprint density at radius 1 is 1.50 bits per heavy atom. The Morgan fingerprint density at radius 3 is 2.73 bits per heavy atom. The predicted octanol–water partition coefficient (Wildman–Crippen LogP) is 2.03. The highest BCUT2D eigenvalue weighted by Crippen LogP contribution is 2.31. The number of likely N-dealkylation sites (tertiary alicyclic amines) is 1. The first kappa shape index (κ1) is 17.0. The van der Waals surface area contributed by atoms with E-state index in [9.17, 15) is 23.1 Å². The van der Waals surface area contributed by atoms with Crippen molar-refractivity contribution in [3.63, 3.8) is 0 Å². The van der Waals surface area contributed by atoms with Crippen LogP contribution in [0.2, 0.25) is 0 Å². The van der Waals surface area contributed by atoms with E-state index >= 15 is 0 Å². The molecule has 0 radical (unpaired) electrons. The molecule has 1 unspecified atom stereocenters. The van der Waals surface area contributed by atoms with Crippen molar-refractivity contribution in [3.8, 4) is 0 Å². The van der Waals surface area contributed by atoms with Crippen LogP contribution in [-0.2, 0) is 6.42 Å². The normalized spacial score (nSPS) is 18.3. The predicted molar refractivity (Wildman–Crippen MR) is 75.6 cm³/mol. The number of amides is 2. The van der Waals surface area contributed by atoms with Crippen molar-refractivity contribution in [2.75, 3.05) is 19.6 Å². The standard InChI is InChI=1S/C13H18F3N3O2S/c14-13(15,16)11(20)9-2-5-19(6-3-9)12(21)17-4-1-10-7-22-8-18-10/h7-9,11,20H,1-6H2,(H,17,21). The number of rotatable bonds is 4. The number of thiazole rings is 1. The van der Waals surface area contributed by atoms with Gasteiger partial charge in [0.2, 0.25) is 0 Å². The quantitative estimate of drug-likeness (QED) is 0.884. The summed E-state index contributed by atoms with van der Waals surface area (Å²) < 4.78 is 37.3. The minimum Gasteiger partial charge on any atom is -0.383 e. The first-order valence-corrected chi connectivity index (χ1v) is 7.97. The summed E-state index contributed by atoms with van der Waals surface area (Å²) in [6, 6.07) is -0.282. The smallest absolute Gasteiger partial charge is 0.383 e. The van der Waals surface area contributed by atoms with Crippen LogP contribution in [0.1, 0.15) is 18.5 Å². The van der Waals surface area contributed by atoms with E-state index in [1.807, 2.05) is 5.38 Å². The van der Waals surface area contributed by atoms with E-state index in [1.165, 1.54) is 16.2 Å². The maximum Gasteiger partial charge on any atom is 0.414 e. The van der Waals surface area contributed by atoms with Gasteiger partial charge in [-0.1, -0.05) is 0 Å². The van der Waals surface area contributed by atoms with Gasteiger partial charge in [-0.05, 0) is 18.8 Å². The minimum atomic E-state index is -4.59. The number of aromatic nitrogens is 1. The minimum absolute atomic E-state index is 0.153. The van der Waals surface area contributed by atoms with Crippen LogP contribution >= 0.6 is 11.3 Å². The topological polar surface area (TPSA) is 65.5 Å². The molecule has 0 saturated carbocycles. The Balaban J connectivity index is 1.70. The molecule has 2 amide bonds. The molecule has 1 aromatic rings. The second-order valence-electron chi connectivity index (χ2n) is 5.27. The van der Waals surface area contributed by atoms with Gasteiger partial charge in [0.1, 0.15) is 0 Å². The van der Waals surface area contributed by atoms with Crippen LogP contribution in [0.4, 0.5) is 18.0 Å². The number of aliphatic hydroxyl groups is 1. The molecular formula is C13H18F3N3O2S. The SMILES string of the molecule is O=C(NCCc1cscn1)N1CCC(C(O)C(F)(F)F)CC1. The van der Waals surface area contributed by atoms with Crippen molar-refractivity contribution in [1.82, 2.24) is 15.2 Å². The summed E-state index contributed by atoms with van der Waals surface area (Å²) in [5, 5.41) is 13.9. The second-order valence-corrected chi connectivity index (χ2v) is 5.99. The lowest BCUT2D eigenvalue weighted by Gasteiger charge is -2.34. The van der Waals surface area contributed by atoms with Gasteiger partial charge in [-0.3, -0.25) is 0 Å². The number of nitrogens with zero attached hydrogens (tertiary/aromatic N) is 2. The summed E-state index contributed by atoms with van der Waals surface area (Å²) in [4.78, 5) is 17.5. The average Bonchev–Trinajstić information content (AvgIpc) is 2.99. The molecule has 0 spiro atoms. The van der Waals surface area contributed by atoms with E-state index in [-0.39, 0.29) is 32.0 Å². The maximum atomic E-state index is 12.4. The molecule has 9 heteroatoms. The number of halogens is 3. The lowest BCUT2D eigenvalue weighted by Crippen LogP contribution is -2.48. The van der Waals surface area contributed by atoms with E-state index in [0.29, 0.717) is 13.0 Å². The van der Waals surface area contributed by atoms with E-state index < -0.39 is 18.2 Å². The van der Waals surface area contributed by atoms with Gasteiger partial charge in [0.25, 0.3) is 0 Å². The van der Waals surface area contributed by atoms with Crippen LogP contribution in [0.3, 0.4) is 0 Å². The number of urea groups is 1. The summed E-state index contributed by atoms with van der Waals surface area (Å²) in [6.07, 6.45) is -5.97. The van der Waals surface area contributed by atoms with Crippen molar-refractivity contribution in [3.05, 3.63) is 16.6 Å². The van der Waals surface area contributed by atoms with Crippen LogP contribution in [-0.4, -0.2) is 52.9 Å². The fourth-order valence-electron chi connectivity index (χ4n) is 2.46. The fraction of sp³-hybridized carbons (Fsp3) is 0.692. The highest BCUT2D eigenvalue weighted by molar-refractivity contribution is 7.07. The Morgan fingerprint density at radius 2 is 2.18 bits per heavy atom. The zero-order valence-electron chi connectivity index (χ0n) is 11.8. The van der Waals surface area contributed by atoms with Crippen LogP contribution < -0.4 is 5.32 Å². The molecule has 2 N–H and O–H groups in total. The molecule has 1 aliphatic heterocycles. The molecule has 0 bridgehead atoms. The second kappa shape index (κ2) is 7.28. The van der Waals surface area contributed by atoms with E-state index in [2.05, 4.69) is 10.3 Å². The van der Waals surface area contributed by atoms with Crippen molar-refractivity contribution < 1.29 is 23.1 Å². The highest BCUT2D eigenvalue weighted by Gasteiger charge is 2.44. The van der Waals surface area contributed by atoms with Gasteiger partial charge in [-0.25, -0.2) is 9.78 Å². The maximum absolute atomic E-state index is 12.4. The van der Waals surface area contributed by atoms with Crippen LogP contribution in [0, 0.1) is 5.92 Å². The zero-order chi connectivity index (χ0) is 16.2. The molecule has 1 saturated heterocycles. The van der Waals surface area contributed by atoms with Crippen LogP contribution in [0.5, 0.6) is 0 Å². The summed E-state index contributed by atoms with van der Waals surface area (Å²) in [7, 11) is 0. The number of nitrogens with one attached hydrogen (secondary N) is 1. The van der Waals surface area contributed by atoms with E-state index in [1.54, 1.807) is 5.51 Å². The number of piperidine rings is 1. The third-order valence-corrected chi connectivity index (χ3v) is 4.38. The Bertz CT molecular complexity index is 473. The Hall–Kier alpha value is -1.35. The highest BCUT2D eigenvalue weighted by atomic mass is 32.1. The molecule has 1 aromatic heterocycles. The fourth-order valence-corrected chi connectivity index (χ4v) is 3.05. The molecule has 2 heterocycles. The Labute approximate surface area is 130 Å². The number of hydrogen-bond donors (Lipinski definition) is 2. The lowest BCUT2D eigenvalue weighted by atomic mass is 9.91. The van der Waals surface area contributed by atoms with Gasteiger partial charge >= 0.3 is 12.2 Å². The van der Waals surface area contributed by atoms with Gasteiger partial charge in [-0.2, -0.15) is 13.2 Å². The first-order chi connectivity index (χ1) is 10.4. The summed E-state index contributed by atoms with van der Waals surface area (Å²) in [5.41, 5.74) is 2.62. The number of hydrogen-bond acceptors (Lipinski definition) is 4. The molecular weight excluding hydrogens is 319 g/mol. The summed E-state index contributed by atoms with van der Waals surface area (Å²) >= 11 is 1.48. The number of alkyl halides is 3. The summed E-state index contributed by atoms with van der Waals surface area (Å²) in [5.74, 6) is -0.834. The molecule has 0 aromatic carbocycles. The monoisotopic (exact) mass is 337 g/mol. The summed E-state index contributed by atoms with van der Waals surface area (Å²) in [6.45, 7) is 0.883. The Kier molecular flexibility index (Phi) is 5.63. The van der Waals surface area contributed by atoms with Crippen LogP contribution in [0.15, 0.2) is 10.9 Å². The molecule has 0 aliphatic carbocycles. The molecule has 2 rings (SSSR count). The zero-order valence-corrected chi connectivity index (χ0v) is 12.7. The first-order valence-electron chi connectivity index (χ1n) is 7.02. The van der Waals surface area contributed by atoms with Gasteiger partial charge < -0.3 is 15.3 Å². The van der Waals surface area contributed by atoms with Crippen molar-refractivity contribution >= 4 is 17.4 Å². The van der Waals surface area contributed by atoms with Gasteiger partial charge in [0.15, 0.2) is 6.10 Å². The van der Waals surface area contributed by atoms with Gasteiger partial charge in [0, 0.05) is 31.4 Å². The molecule has 5 nitrogen and oxygen atoms in total. The molecule has 22 heavy (non-hydrogen) atoms. The van der Waals surface area contributed by atoms with Crippen molar-refractivity contribution in [2.45, 2.75) is 31.5 Å². The third kappa shape index (κ3) is 4.57. The molecule has 124 valence electrons. The number of carbonyl (C=O) groups is 1. The lowest BCUT2D eigenvalue weighted by molar-refractivity contribution is -0.222. The van der Waals surface area contributed by atoms with Crippen LogP contribution in [0.25, 0.3) is 0 Å². The van der Waals surface area contributed by atoms with Crippen molar-refractivity contribution in [1.29, 1.82) is 0 Å². The largest absolute Gasteiger partial charge is 0.414 e. The number of carbonyl (C=O) groups excluding carboxylic acids is 1. The van der Waals surface area contributed by atoms with Gasteiger partial charge in [0.05, 0.1) is 11.2 Å². The van der Waals surface area contributed by atoms with E-state index in [4.69, 9.17) is 0 Å². The molecule has 1 fully saturated rings. The van der Waals surface area contributed by atoms with Gasteiger partial charge in [-0.15, -0.1) is 11.3 Å². The molecule has 1 atom stereocenters. The van der Waals surface area contributed by atoms with Crippen molar-refractivity contribution in [2.24, 2.45) is 5.92 Å². The third-order valence-electron chi connectivity index (χ3n) is 3.75. The average molecular weight is 337 g/mol. The van der Waals surface area contributed by atoms with E-state index in [0.717, 1.165) is 5.69 Å². The molecule has 1 aliphatic rings. The number of aliphatic hydroxyl groups excluding tert-OH is 1.